The Hall–Kier alpha value is -2.77. The van der Waals surface area contributed by atoms with Crippen LogP contribution in [0.4, 0.5) is 31.5 Å². The normalized spacial score (nSPS) is 14.3. The van der Waals surface area contributed by atoms with Gasteiger partial charge in [-0.1, -0.05) is 11.3 Å². The number of alkyl halides is 6. The number of aromatic nitrogens is 1. The highest BCUT2D eigenvalue weighted by Crippen LogP contribution is 2.37. The summed E-state index contributed by atoms with van der Waals surface area (Å²) in [5.41, 5.74) is -3.61. The number of fused-ring (bicyclic) bond motifs is 1. The number of anilines is 1. The van der Waals surface area contributed by atoms with E-state index in [0.717, 1.165) is 25.1 Å². The largest absolute Gasteiger partial charge is 0.573 e. The van der Waals surface area contributed by atoms with Crippen molar-refractivity contribution in [1.82, 2.24) is 10.3 Å². The lowest BCUT2D eigenvalue weighted by Crippen LogP contribution is -2.69. The molecule has 0 aliphatic heterocycles. The van der Waals surface area contributed by atoms with E-state index in [0.29, 0.717) is 18.4 Å². The van der Waals surface area contributed by atoms with Gasteiger partial charge in [-0.05, 0) is 12.1 Å². The summed E-state index contributed by atoms with van der Waals surface area (Å²) in [6, 6.07) is 2.92. The van der Waals surface area contributed by atoms with Gasteiger partial charge in [-0.2, -0.15) is 13.2 Å². The standard InChI is InChI=1S/C14H11F6N3O4S/c1-6(24)22-12(10(25)26-2,13(15,16)17)23-11-21-8-4-3-7(5-9(8)28-11)27-14(18,19)20/h3-5H,1-2H3,(H,21,23)(H,22,24). The van der Waals surface area contributed by atoms with Gasteiger partial charge in [0.2, 0.25) is 5.91 Å². The van der Waals surface area contributed by atoms with Crippen molar-refractivity contribution in [2.24, 2.45) is 0 Å². The Balaban J connectivity index is 2.47. The molecule has 0 bridgehead atoms. The number of benzene rings is 1. The van der Waals surface area contributed by atoms with Crippen LogP contribution in [0.25, 0.3) is 10.2 Å². The van der Waals surface area contributed by atoms with Crippen LogP contribution < -0.4 is 15.4 Å². The van der Waals surface area contributed by atoms with E-state index in [1.807, 2.05) is 0 Å². The number of rotatable bonds is 5. The van der Waals surface area contributed by atoms with Crippen molar-refractivity contribution in [2.45, 2.75) is 25.1 Å². The molecule has 0 spiro atoms. The summed E-state index contributed by atoms with van der Waals surface area (Å²) in [6.45, 7) is 0.754. The third-order valence-electron chi connectivity index (χ3n) is 3.17. The number of nitrogens with zero attached hydrogens (tertiary/aromatic N) is 1. The van der Waals surface area contributed by atoms with Gasteiger partial charge in [-0.3, -0.25) is 4.79 Å². The highest BCUT2D eigenvalue weighted by Gasteiger charge is 2.63. The van der Waals surface area contributed by atoms with Crippen molar-refractivity contribution in [2.75, 3.05) is 12.4 Å². The molecule has 14 heteroatoms. The van der Waals surface area contributed by atoms with Crippen LogP contribution in [0.1, 0.15) is 6.92 Å². The third-order valence-corrected chi connectivity index (χ3v) is 4.10. The van der Waals surface area contributed by atoms with Crippen LogP contribution in [0.5, 0.6) is 5.75 Å². The second-order valence-electron chi connectivity index (χ2n) is 5.24. The number of carbonyl (C=O) groups is 2. The number of hydrogen-bond acceptors (Lipinski definition) is 7. The number of nitrogens with one attached hydrogen (secondary N) is 2. The molecule has 1 amide bonds. The first-order valence-electron chi connectivity index (χ1n) is 7.16. The monoisotopic (exact) mass is 431 g/mol. The molecule has 0 saturated carbocycles. The van der Waals surface area contributed by atoms with Gasteiger partial charge < -0.3 is 20.1 Å². The summed E-state index contributed by atoms with van der Waals surface area (Å²) in [5, 5.41) is 2.74. The molecule has 0 radical (unpaired) electrons. The van der Waals surface area contributed by atoms with Gasteiger partial charge >= 0.3 is 24.2 Å². The summed E-state index contributed by atoms with van der Waals surface area (Å²) in [4.78, 5) is 26.9. The van der Waals surface area contributed by atoms with Gasteiger partial charge in [0, 0.05) is 13.0 Å². The van der Waals surface area contributed by atoms with Crippen LogP contribution in [0.2, 0.25) is 0 Å². The predicted octanol–water partition coefficient (Wildman–Crippen LogP) is 3.17. The van der Waals surface area contributed by atoms with E-state index in [2.05, 4.69) is 14.5 Å². The van der Waals surface area contributed by atoms with Crippen LogP contribution in [-0.4, -0.2) is 42.2 Å². The molecule has 1 heterocycles. The Morgan fingerprint density at radius 3 is 2.29 bits per heavy atom. The van der Waals surface area contributed by atoms with Crippen molar-refractivity contribution in [3.63, 3.8) is 0 Å². The van der Waals surface area contributed by atoms with Crippen molar-refractivity contribution >= 4 is 38.6 Å². The fraction of sp³-hybridized carbons (Fsp3) is 0.357. The Labute approximate surface area is 156 Å². The number of halogens is 6. The fourth-order valence-electron chi connectivity index (χ4n) is 2.12. The second kappa shape index (κ2) is 7.33. The lowest BCUT2D eigenvalue weighted by molar-refractivity contribution is -0.274. The Morgan fingerprint density at radius 2 is 1.79 bits per heavy atom. The average Bonchev–Trinajstić information content (AvgIpc) is 2.91. The maximum Gasteiger partial charge on any atom is 0.573 e. The highest BCUT2D eigenvalue weighted by atomic mass is 32.1. The summed E-state index contributed by atoms with van der Waals surface area (Å²) in [5.74, 6) is -3.67. The van der Waals surface area contributed by atoms with E-state index >= 15 is 0 Å². The fourth-order valence-corrected chi connectivity index (χ4v) is 3.07. The van der Waals surface area contributed by atoms with Crippen molar-refractivity contribution in [3.8, 4) is 5.75 Å². The van der Waals surface area contributed by atoms with Crippen LogP contribution in [0.3, 0.4) is 0 Å². The smallest absolute Gasteiger partial charge is 0.466 e. The molecule has 2 rings (SSSR count). The molecule has 2 N–H and O–H groups in total. The number of hydrogen-bond donors (Lipinski definition) is 2. The molecular formula is C14H11F6N3O4S. The Bertz CT molecular complexity index is 897. The SMILES string of the molecule is COC(=O)C(NC(C)=O)(Nc1nc2ccc(OC(F)(F)F)cc2s1)C(F)(F)F. The van der Waals surface area contributed by atoms with E-state index in [1.165, 1.54) is 5.32 Å². The topological polar surface area (TPSA) is 89.5 Å². The third kappa shape index (κ3) is 4.55. The highest BCUT2D eigenvalue weighted by molar-refractivity contribution is 7.22. The molecule has 0 saturated heterocycles. The van der Waals surface area contributed by atoms with Gasteiger partial charge in [0.15, 0.2) is 5.13 Å². The maximum atomic E-state index is 13.6. The molecule has 0 fully saturated rings. The molecular weight excluding hydrogens is 420 g/mol. The molecule has 1 unspecified atom stereocenters. The van der Waals surface area contributed by atoms with Crippen molar-refractivity contribution in [3.05, 3.63) is 18.2 Å². The summed E-state index contributed by atoms with van der Waals surface area (Å²) < 4.78 is 85.6. The average molecular weight is 431 g/mol. The van der Waals surface area contributed by atoms with Gasteiger partial charge in [-0.25, -0.2) is 9.78 Å². The lowest BCUT2D eigenvalue weighted by atomic mass is 10.1. The molecule has 1 aromatic carbocycles. The van der Waals surface area contributed by atoms with E-state index in [4.69, 9.17) is 0 Å². The van der Waals surface area contributed by atoms with Crippen LogP contribution in [-0.2, 0) is 14.3 Å². The minimum atomic E-state index is -5.34. The van der Waals surface area contributed by atoms with E-state index in [9.17, 15) is 35.9 Å². The van der Waals surface area contributed by atoms with Crippen LogP contribution >= 0.6 is 11.3 Å². The second-order valence-corrected chi connectivity index (χ2v) is 6.27. The summed E-state index contributed by atoms with van der Waals surface area (Å²) in [7, 11) is 0.686. The molecule has 28 heavy (non-hydrogen) atoms. The molecule has 1 atom stereocenters. The van der Waals surface area contributed by atoms with Gasteiger partial charge in [0.25, 0.3) is 0 Å². The van der Waals surface area contributed by atoms with Crippen molar-refractivity contribution < 1.29 is 45.4 Å². The Morgan fingerprint density at radius 1 is 1.14 bits per heavy atom. The van der Waals surface area contributed by atoms with E-state index in [-0.39, 0.29) is 10.2 Å². The summed E-state index contributed by atoms with van der Waals surface area (Å²) >= 11 is 0.507. The zero-order valence-corrected chi connectivity index (χ0v) is 14.8. The number of amides is 1. The van der Waals surface area contributed by atoms with Crippen molar-refractivity contribution in [1.29, 1.82) is 0 Å². The molecule has 7 nitrogen and oxygen atoms in total. The molecule has 0 aliphatic carbocycles. The molecule has 1 aromatic heterocycles. The minimum Gasteiger partial charge on any atom is -0.466 e. The maximum absolute atomic E-state index is 13.6. The van der Waals surface area contributed by atoms with Crippen LogP contribution in [0.15, 0.2) is 18.2 Å². The van der Waals surface area contributed by atoms with Crippen LogP contribution in [0, 0.1) is 0 Å². The lowest BCUT2D eigenvalue weighted by Gasteiger charge is -2.33. The molecule has 154 valence electrons. The number of ether oxygens (including phenoxy) is 2. The van der Waals surface area contributed by atoms with Gasteiger partial charge in [0.05, 0.1) is 17.3 Å². The number of thiazole rings is 1. The first kappa shape index (κ1) is 21.5. The van der Waals surface area contributed by atoms with E-state index in [1.54, 1.807) is 5.32 Å². The minimum absolute atomic E-state index is 0.0331. The number of carbonyl (C=O) groups excluding carboxylic acids is 2. The Kier molecular flexibility index (Phi) is 5.64. The predicted molar refractivity (Wildman–Crippen MR) is 84.5 cm³/mol. The zero-order chi connectivity index (χ0) is 21.3. The van der Waals surface area contributed by atoms with Gasteiger partial charge in [0.1, 0.15) is 5.75 Å². The number of esters is 1. The quantitative estimate of drug-likeness (QED) is 0.430. The first-order chi connectivity index (χ1) is 12.8. The zero-order valence-electron chi connectivity index (χ0n) is 14.0. The first-order valence-corrected chi connectivity index (χ1v) is 7.97. The van der Waals surface area contributed by atoms with Gasteiger partial charge in [-0.15, -0.1) is 13.2 Å². The van der Waals surface area contributed by atoms with E-state index < -0.39 is 41.0 Å². The molecule has 2 aromatic rings. The number of methoxy groups -OCH3 is 1. The molecule has 0 aliphatic rings. The summed E-state index contributed by atoms with van der Waals surface area (Å²) in [6.07, 6.45) is -10.3.